The number of aliphatic hydroxyl groups excluding tert-OH is 1. The zero-order valence-electron chi connectivity index (χ0n) is 13.2. The van der Waals surface area contributed by atoms with Crippen molar-refractivity contribution in [3.8, 4) is 23.6 Å². The van der Waals surface area contributed by atoms with Crippen LogP contribution in [0, 0.1) is 22.7 Å². The van der Waals surface area contributed by atoms with E-state index in [9.17, 15) is 0 Å². The smallest absolute Gasteiger partial charge is 0.171 e. The van der Waals surface area contributed by atoms with Crippen molar-refractivity contribution in [2.75, 3.05) is 6.61 Å². The van der Waals surface area contributed by atoms with Crippen molar-refractivity contribution in [3.63, 3.8) is 0 Å². The molecule has 0 atom stereocenters. The average Bonchev–Trinajstić information content (AvgIpc) is 2.91. The van der Waals surface area contributed by atoms with Gasteiger partial charge in [0.1, 0.15) is 23.6 Å². The molecule has 1 aromatic carbocycles. The average molecular weight is 310 g/mol. The SMILES string of the molecule is CCc1nn(CCO)c(CC)c1Oc1ccc(C#N)c(C#N)c1. The maximum atomic E-state index is 9.16. The number of rotatable bonds is 6. The van der Waals surface area contributed by atoms with Gasteiger partial charge in [-0.25, -0.2) is 0 Å². The molecule has 2 aromatic rings. The lowest BCUT2D eigenvalue weighted by Crippen LogP contribution is -2.08. The molecule has 0 aliphatic rings. The Hall–Kier alpha value is -2.83. The monoisotopic (exact) mass is 310 g/mol. The standard InChI is InChI=1S/C17H18N4O2/c1-3-15-17(16(4-2)21(20-15)7-8-22)23-14-6-5-12(10-18)13(9-14)11-19/h5-6,9,22H,3-4,7-8H2,1-2H3. The van der Waals surface area contributed by atoms with Crippen molar-refractivity contribution in [3.05, 3.63) is 40.7 Å². The summed E-state index contributed by atoms with van der Waals surface area (Å²) in [5.74, 6) is 1.16. The lowest BCUT2D eigenvalue weighted by atomic mass is 10.1. The second-order valence-electron chi connectivity index (χ2n) is 4.91. The fourth-order valence-corrected chi connectivity index (χ4v) is 2.40. The van der Waals surface area contributed by atoms with Gasteiger partial charge < -0.3 is 9.84 Å². The highest BCUT2D eigenvalue weighted by molar-refractivity contribution is 5.50. The molecular weight excluding hydrogens is 292 g/mol. The number of nitrogens with zero attached hydrogens (tertiary/aromatic N) is 4. The van der Waals surface area contributed by atoms with Gasteiger partial charge >= 0.3 is 0 Å². The summed E-state index contributed by atoms with van der Waals surface area (Å²) in [5, 5.41) is 31.7. The molecule has 23 heavy (non-hydrogen) atoms. The number of hydrogen-bond acceptors (Lipinski definition) is 5. The third-order valence-electron chi connectivity index (χ3n) is 3.51. The van der Waals surface area contributed by atoms with E-state index >= 15 is 0 Å². The normalized spacial score (nSPS) is 10.1. The Balaban J connectivity index is 2.44. The van der Waals surface area contributed by atoms with Gasteiger partial charge in [0.15, 0.2) is 5.75 Å². The molecule has 0 aliphatic heterocycles. The van der Waals surface area contributed by atoms with Crippen LogP contribution < -0.4 is 4.74 Å². The Morgan fingerprint density at radius 3 is 2.48 bits per heavy atom. The van der Waals surface area contributed by atoms with Gasteiger partial charge in [0.05, 0.1) is 30.0 Å². The summed E-state index contributed by atoms with van der Waals surface area (Å²) in [5.41, 5.74) is 2.31. The topological polar surface area (TPSA) is 94.9 Å². The molecule has 0 saturated carbocycles. The van der Waals surface area contributed by atoms with E-state index in [-0.39, 0.29) is 12.2 Å². The molecule has 2 rings (SSSR count). The van der Waals surface area contributed by atoms with Gasteiger partial charge in [0.25, 0.3) is 0 Å². The van der Waals surface area contributed by atoms with Crippen molar-refractivity contribution in [1.29, 1.82) is 10.5 Å². The van der Waals surface area contributed by atoms with Gasteiger partial charge in [-0.3, -0.25) is 4.68 Å². The van der Waals surface area contributed by atoms with Crippen LogP contribution >= 0.6 is 0 Å². The number of ether oxygens (including phenoxy) is 1. The minimum Gasteiger partial charge on any atom is -0.453 e. The van der Waals surface area contributed by atoms with Crippen molar-refractivity contribution in [2.24, 2.45) is 0 Å². The van der Waals surface area contributed by atoms with Crippen LogP contribution in [0.3, 0.4) is 0 Å². The number of nitriles is 2. The van der Waals surface area contributed by atoms with Gasteiger partial charge in [-0.05, 0) is 31.0 Å². The lowest BCUT2D eigenvalue weighted by Gasteiger charge is -2.09. The van der Waals surface area contributed by atoms with Gasteiger partial charge in [0.2, 0.25) is 0 Å². The van der Waals surface area contributed by atoms with E-state index in [0.29, 0.717) is 36.4 Å². The third-order valence-corrected chi connectivity index (χ3v) is 3.51. The Kier molecular flexibility index (Phi) is 5.35. The fraction of sp³-hybridized carbons (Fsp3) is 0.353. The quantitative estimate of drug-likeness (QED) is 0.884. The summed E-state index contributed by atoms with van der Waals surface area (Å²) in [7, 11) is 0. The predicted octanol–water partition coefficient (Wildman–Crippen LogP) is 2.54. The second-order valence-corrected chi connectivity index (χ2v) is 4.91. The minimum absolute atomic E-state index is 0.00667. The third kappa shape index (κ3) is 3.33. The molecular formula is C17H18N4O2. The number of benzene rings is 1. The summed E-state index contributed by atoms with van der Waals surface area (Å²) in [6.45, 7) is 4.40. The zero-order chi connectivity index (χ0) is 16.8. The van der Waals surface area contributed by atoms with Crippen LogP contribution in [0.2, 0.25) is 0 Å². The van der Waals surface area contributed by atoms with Crippen LogP contribution in [-0.2, 0) is 19.4 Å². The van der Waals surface area contributed by atoms with Crippen LogP contribution in [0.4, 0.5) is 0 Å². The molecule has 0 unspecified atom stereocenters. The summed E-state index contributed by atoms with van der Waals surface area (Å²) in [6.07, 6.45) is 1.41. The lowest BCUT2D eigenvalue weighted by molar-refractivity contribution is 0.267. The largest absolute Gasteiger partial charge is 0.453 e. The molecule has 1 aromatic heterocycles. The molecule has 1 heterocycles. The van der Waals surface area contributed by atoms with Crippen molar-refractivity contribution >= 4 is 0 Å². The number of aromatic nitrogens is 2. The van der Waals surface area contributed by atoms with Crippen LogP contribution in [-0.4, -0.2) is 21.5 Å². The van der Waals surface area contributed by atoms with Crippen molar-refractivity contribution in [1.82, 2.24) is 9.78 Å². The Labute approximate surface area is 135 Å². The van der Waals surface area contributed by atoms with Gasteiger partial charge in [-0.2, -0.15) is 15.6 Å². The Bertz CT molecular complexity index is 781. The summed E-state index contributed by atoms with van der Waals surface area (Å²) in [4.78, 5) is 0. The van der Waals surface area contributed by atoms with Crippen LogP contribution in [0.5, 0.6) is 11.5 Å². The van der Waals surface area contributed by atoms with Crippen LogP contribution in [0.15, 0.2) is 18.2 Å². The molecule has 0 radical (unpaired) electrons. The fourth-order valence-electron chi connectivity index (χ4n) is 2.40. The minimum atomic E-state index is 0.00667. The summed E-state index contributed by atoms with van der Waals surface area (Å²) >= 11 is 0. The molecule has 0 amide bonds. The molecule has 118 valence electrons. The summed E-state index contributed by atoms with van der Waals surface area (Å²) in [6, 6.07) is 8.78. The van der Waals surface area contributed by atoms with Crippen molar-refractivity contribution < 1.29 is 9.84 Å². The molecule has 0 spiro atoms. The summed E-state index contributed by atoms with van der Waals surface area (Å²) < 4.78 is 7.72. The van der Waals surface area contributed by atoms with Crippen LogP contribution in [0.25, 0.3) is 0 Å². The van der Waals surface area contributed by atoms with E-state index < -0.39 is 0 Å². The highest BCUT2D eigenvalue weighted by Crippen LogP contribution is 2.31. The first-order valence-electron chi connectivity index (χ1n) is 7.49. The van der Waals surface area contributed by atoms with Crippen molar-refractivity contribution in [2.45, 2.75) is 33.2 Å². The number of aryl methyl sites for hydroxylation is 1. The van der Waals surface area contributed by atoms with E-state index in [1.807, 2.05) is 26.0 Å². The van der Waals surface area contributed by atoms with Crippen LogP contribution in [0.1, 0.15) is 36.4 Å². The second kappa shape index (κ2) is 7.44. The van der Waals surface area contributed by atoms with Gasteiger partial charge in [-0.15, -0.1) is 0 Å². The van der Waals surface area contributed by atoms with E-state index in [4.69, 9.17) is 20.4 Å². The number of aliphatic hydroxyl groups is 1. The van der Waals surface area contributed by atoms with E-state index in [0.717, 1.165) is 11.4 Å². The molecule has 6 heteroatoms. The first-order chi connectivity index (χ1) is 11.2. The maximum absolute atomic E-state index is 9.16. The Morgan fingerprint density at radius 2 is 1.91 bits per heavy atom. The first-order valence-corrected chi connectivity index (χ1v) is 7.49. The molecule has 0 saturated heterocycles. The molecule has 1 N–H and O–H groups in total. The van der Waals surface area contributed by atoms with E-state index in [1.54, 1.807) is 22.9 Å². The molecule has 0 aliphatic carbocycles. The highest BCUT2D eigenvalue weighted by atomic mass is 16.5. The van der Waals surface area contributed by atoms with Gasteiger partial charge in [0, 0.05) is 0 Å². The first kappa shape index (κ1) is 16.5. The van der Waals surface area contributed by atoms with Gasteiger partial charge in [-0.1, -0.05) is 13.8 Å². The highest BCUT2D eigenvalue weighted by Gasteiger charge is 2.18. The molecule has 0 fully saturated rings. The van der Waals surface area contributed by atoms with E-state index in [2.05, 4.69) is 5.10 Å². The number of hydrogen-bond donors (Lipinski definition) is 1. The molecule has 6 nitrogen and oxygen atoms in total. The molecule has 0 bridgehead atoms. The maximum Gasteiger partial charge on any atom is 0.171 e. The Morgan fingerprint density at radius 1 is 1.17 bits per heavy atom. The predicted molar refractivity (Wildman–Crippen MR) is 84.0 cm³/mol. The zero-order valence-corrected chi connectivity index (χ0v) is 13.2. The van der Waals surface area contributed by atoms with E-state index in [1.165, 1.54) is 0 Å².